The molecule has 3 rings (SSSR count). The van der Waals surface area contributed by atoms with Gasteiger partial charge in [0.25, 0.3) is 0 Å². The molecule has 4 heteroatoms. The number of benzene rings is 1. The van der Waals surface area contributed by atoms with Crippen molar-refractivity contribution in [3.63, 3.8) is 0 Å². The number of rotatable bonds is 10. The number of ether oxygens (including phenoxy) is 1. The molecule has 2 atom stereocenters. The summed E-state index contributed by atoms with van der Waals surface area (Å²) in [4.78, 5) is 6.78. The Morgan fingerprint density at radius 2 is 1.96 bits per heavy atom. The van der Waals surface area contributed by atoms with E-state index in [0.29, 0.717) is 12.0 Å². The second-order valence-electron chi connectivity index (χ2n) is 8.40. The molecule has 1 N–H and O–H groups in total. The minimum atomic E-state index is 0.505. The molecule has 2 aromatic rings. The van der Waals surface area contributed by atoms with E-state index in [2.05, 4.69) is 73.5 Å². The molecule has 1 fully saturated rings. The van der Waals surface area contributed by atoms with Gasteiger partial charge in [-0.05, 0) is 81.9 Å². The first-order chi connectivity index (χ1) is 13.5. The molecule has 0 amide bonds. The van der Waals surface area contributed by atoms with Crippen molar-refractivity contribution < 1.29 is 4.74 Å². The maximum Gasteiger partial charge on any atom is 0.137 e. The van der Waals surface area contributed by atoms with Gasteiger partial charge in [-0.3, -0.25) is 4.98 Å². The molecule has 0 saturated carbocycles. The first kappa shape index (κ1) is 20.8. The topological polar surface area (TPSA) is 37.4 Å². The van der Waals surface area contributed by atoms with Crippen LogP contribution in [0.25, 0.3) is 0 Å². The van der Waals surface area contributed by atoms with Crippen LogP contribution < -0.4 is 10.1 Å². The second-order valence-corrected chi connectivity index (χ2v) is 8.40. The highest BCUT2D eigenvalue weighted by atomic mass is 16.5. The largest absolute Gasteiger partial charge is 0.490 e. The van der Waals surface area contributed by atoms with E-state index in [1.807, 2.05) is 6.20 Å². The predicted molar refractivity (Wildman–Crippen MR) is 116 cm³/mol. The maximum absolute atomic E-state index is 5.92. The molecule has 1 aliphatic heterocycles. The number of aryl methyl sites for hydroxylation is 2. The van der Waals surface area contributed by atoms with Crippen LogP contribution in [0, 0.1) is 6.92 Å². The lowest BCUT2D eigenvalue weighted by molar-refractivity contribution is 0.216. The van der Waals surface area contributed by atoms with Gasteiger partial charge in [0.2, 0.25) is 0 Å². The number of aromatic nitrogens is 1. The molecular weight excluding hydrogens is 346 g/mol. The van der Waals surface area contributed by atoms with Crippen LogP contribution in [0.2, 0.25) is 0 Å². The highest BCUT2D eigenvalue weighted by molar-refractivity contribution is 5.30. The molecule has 1 aliphatic rings. The molecular formula is C24H35N3O. The molecule has 0 aliphatic carbocycles. The molecule has 1 aromatic heterocycles. The van der Waals surface area contributed by atoms with Gasteiger partial charge >= 0.3 is 0 Å². The SMILES string of the molecule is Cc1ncc(OCC2CCN2)cc1CCC(C)c1ccc(CCN(C)C)cc1. The van der Waals surface area contributed by atoms with Crippen LogP contribution in [0.3, 0.4) is 0 Å². The van der Waals surface area contributed by atoms with E-state index in [1.54, 1.807) is 0 Å². The van der Waals surface area contributed by atoms with E-state index < -0.39 is 0 Å². The summed E-state index contributed by atoms with van der Waals surface area (Å²) in [5.74, 6) is 1.43. The van der Waals surface area contributed by atoms with Gasteiger partial charge in [0.05, 0.1) is 6.20 Å². The van der Waals surface area contributed by atoms with Gasteiger partial charge in [0.15, 0.2) is 0 Å². The average molecular weight is 382 g/mol. The molecule has 2 heterocycles. The number of pyridine rings is 1. The summed E-state index contributed by atoms with van der Waals surface area (Å²) in [5.41, 5.74) is 5.24. The third kappa shape index (κ3) is 6.05. The third-order valence-electron chi connectivity index (χ3n) is 5.79. The first-order valence-corrected chi connectivity index (χ1v) is 10.6. The van der Waals surface area contributed by atoms with Crippen molar-refractivity contribution in [3.05, 3.63) is 58.9 Å². The Morgan fingerprint density at radius 1 is 1.21 bits per heavy atom. The number of hydrogen-bond donors (Lipinski definition) is 1. The number of likely N-dealkylation sites (N-methyl/N-ethyl adjacent to an activating group) is 1. The van der Waals surface area contributed by atoms with E-state index in [0.717, 1.165) is 50.4 Å². The van der Waals surface area contributed by atoms with Crippen LogP contribution in [0.15, 0.2) is 36.5 Å². The predicted octanol–water partition coefficient (Wildman–Crippen LogP) is 3.97. The molecule has 28 heavy (non-hydrogen) atoms. The zero-order chi connectivity index (χ0) is 19.9. The van der Waals surface area contributed by atoms with Crippen molar-refractivity contribution in [2.24, 2.45) is 0 Å². The van der Waals surface area contributed by atoms with Crippen LogP contribution in [0.1, 0.15) is 48.1 Å². The van der Waals surface area contributed by atoms with E-state index in [1.165, 1.54) is 23.1 Å². The smallest absolute Gasteiger partial charge is 0.137 e. The Balaban J connectivity index is 1.52. The normalized spacial score (nSPS) is 17.4. The lowest BCUT2D eigenvalue weighted by atomic mass is 9.93. The van der Waals surface area contributed by atoms with Crippen molar-refractivity contribution in [1.82, 2.24) is 15.2 Å². The fourth-order valence-corrected chi connectivity index (χ4v) is 3.48. The Hall–Kier alpha value is -1.91. The van der Waals surface area contributed by atoms with Gasteiger partial charge in [0, 0.05) is 18.3 Å². The van der Waals surface area contributed by atoms with Gasteiger partial charge in [0.1, 0.15) is 12.4 Å². The van der Waals surface area contributed by atoms with Crippen molar-refractivity contribution in [3.8, 4) is 5.75 Å². The molecule has 1 saturated heterocycles. The van der Waals surface area contributed by atoms with Gasteiger partial charge in [-0.2, -0.15) is 0 Å². The minimum Gasteiger partial charge on any atom is -0.490 e. The molecule has 0 radical (unpaired) electrons. The first-order valence-electron chi connectivity index (χ1n) is 10.6. The van der Waals surface area contributed by atoms with Crippen LogP contribution >= 0.6 is 0 Å². The molecule has 1 aromatic carbocycles. The Morgan fingerprint density at radius 3 is 2.61 bits per heavy atom. The molecule has 2 unspecified atom stereocenters. The van der Waals surface area contributed by atoms with Crippen molar-refractivity contribution in [1.29, 1.82) is 0 Å². The number of hydrogen-bond acceptors (Lipinski definition) is 4. The van der Waals surface area contributed by atoms with Crippen LogP contribution in [0.5, 0.6) is 5.75 Å². The maximum atomic E-state index is 5.92. The van der Waals surface area contributed by atoms with Gasteiger partial charge in [-0.1, -0.05) is 31.2 Å². The van der Waals surface area contributed by atoms with E-state index in [9.17, 15) is 0 Å². The Bertz CT molecular complexity index is 738. The number of nitrogens with zero attached hydrogens (tertiary/aromatic N) is 2. The van der Waals surface area contributed by atoms with Gasteiger partial charge in [-0.25, -0.2) is 0 Å². The van der Waals surface area contributed by atoms with Gasteiger partial charge in [-0.15, -0.1) is 0 Å². The lowest BCUT2D eigenvalue weighted by Crippen LogP contribution is -2.46. The second kappa shape index (κ2) is 10.0. The zero-order valence-electron chi connectivity index (χ0n) is 17.9. The lowest BCUT2D eigenvalue weighted by Gasteiger charge is -2.27. The third-order valence-corrected chi connectivity index (χ3v) is 5.79. The van der Waals surface area contributed by atoms with E-state index in [-0.39, 0.29) is 0 Å². The summed E-state index contributed by atoms with van der Waals surface area (Å²) in [5, 5.41) is 3.37. The standard InChI is InChI=1S/C24H35N3O/c1-18(21-9-6-20(7-10-21)12-14-27(3)4)5-8-22-15-24(16-26-19(22)2)28-17-23-11-13-25-23/h6-7,9-10,15-16,18,23,25H,5,8,11-14,17H2,1-4H3. The monoisotopic (exact) mass is 381 g/mol. The van der Waals surface area contributed by atoms with Crippen molar-refractivity contribution in [2.45, 2.75) is 51.5 Å². The fraction of sp³-hybridized carbons (Fsp3) is 0.542. The fourth-order valence-electron chi connectivity index (χ4n) is 3.48. The summed E-state index contributed by atoms with van der Waals surface area (Å²) in [6.45, 7) is 7.36. The minimum absolute atomic E-state index is 0.505. The highest BCUT2D eigenvalue weighted by Gasteiger charge is 2.17. The highest BCUT2D eigenvalue weighted by Crippen LogP contribution is 2.24. The van der Waals surface area contributed by atoms with Gasteiger partial charge < -0.3 is 15.0 Å². The van der Waals surface area contributed by atoms with Crippen molar-refractivity contribution in [2.75, 3.05) is 33.8 Å². The number of nitrogens with one attached hydrogen (secondary N) is 1. The molecule has 152 valence electrons. The molecule has 0 bridgehead atoms. The van der Waals surface area contributed by atoms with E-state index in [4.69, 9.17) is 4.74 Å². The summed E-state index contributed by atoms with van der Waals surface area (Å²) < 4.78 is 5.92. The quantitative estimate of drug-likeness (QED) is 0.676. The van der Waals surface area contributed by atoms with Crippen LogP contribution in [-0.2, 0) is 12.8 Å². The Kier molecular flexibility index (Phi) is 7.46. The summed E-state index contributed by atoms with van der Waals surface area (Å²) in [6.07, 6.45) is 6.31. The van der Waals surface area contributed by atoms with E-state index >= 15 is 0 Å². The molecule has 4 nitrogen and oxygen atoms in total. The molecule has 0 spiro atoms. The average Bonchev–Trinajstić information content (AvgIpc) is 2.65. The zero-order valence-corrected chi connectivity index (χ0v) is 17.9. The Labute approximate surface area is 170 Å². The summed E-state index contributed by atoms with van der Waals surface area (Å²) >= 11 is 0. The van der Waals surface area contributed by atoms with Crippen LogP contribution in [-0.4, -0.2) is 49.7 Å². The summed E-state index contributed by atoms with van der Waals surface area (Å²) in [6, 6.07) is 11.8. The van der Waals surface area contributed by atoms with Crippen LogP contribution in [0.4, 0.5) is 0 Å². The van der Waals surface area contributed by atoms with Crippen molar-refractivity contribution >= 4 is 0 Å². The summed E-state index contributed by atoms with van der Waals surface area (Å²) in [7, 11) is 4.25.